The Hall–Kier alpha value is -3.79. The minimum absolute atomic E-state index is 0.0393. The molecule has 8 nitrogen and oxygen atoms in total. The molecule has 3 aromatic carbocycles. The molecule has 0 saturated carbocycles. The molecule has 2 aliphatic rings. The van der Waals surface area contributed by atoms with E-state index in [1.807, 2.05) is 26.0 Å². The standard InChI is InChI=1S/C30H31FO8S/c1-17-9-21(36-7-4-8-40(3,34)35)10-18(2)30(17)19-5-6-24(31)23(11-19)28-16-38-26-13-22-20(12-29(32)33)15-37-25(22)14-27(26)39-28/h5-6,9-11,13-14,20,28H,4,7-8,12,15-16H2,1-3H3,(H,32,33)/t20-,28?/m1/s1. The number of aliphatic carboxylic acids is 1. The molecule has 40 heavy (non-hydrogen) atoms. The predicted octanol–water partition coefficient (Wildman–Crippen LogP) is 5.39. The maximum atomic E-state index is 15.1. The van der Waals surface area contributed by atoms with Crippen molar-refractivity contribution in [2.75, 3.05) is 31.8 Å². The van der Waals surface area contributed by atoms with E-state index >= 15 is 4.39 Å². The van der Waals surface area contributed by atoms with Gasteiger partial charge in [-0.3, -0.25) is 4.79 Å². The maximum absolute atomic E-state index is 15.1. The van der Waals surface area contributed by atoms with Gasteiger partial charge in [0.1, 0.15) is 33.8 Å². The van der Waals surface area contributed by atoms with Crippen LogP contribution in [0.3, 0.4) is 0 Å². The SMILES string of the molecule is Cc1cc(OCCCS(C)(=O)=O)cc(C)c1-c1ccc(F)c(C2COc3cc4c(cc3O2)OC[C@H]4CC(=O)O)c1. The topological polar surface area (TPSA) is 108 Å². The highest BCUT2D eigenvalue weighted by atomic mass is 32.2. The van der Waals surface area contributed by atoms with Gasteiger partial charge in [-0.2, -0.15) is 0 Å². The van der Waals surface area contributed by atoms with Crippen LogP contribution in [-0.2, 0) is 14.6 Å². The van der Waals surface area contributed by atoms with Gasteiger partial charge in [0.15, 0.2) is 17.6 Å². The molecular formula is C30H31FO8S. The molecule has 1 unspecified atom stereocenters. The second-order valence-corrected chi connectivity index (χ2v) is 12.6. The Bertz CT molecular complexity index is 1540. The Morgan fingerprint density at radius 2 is 1.73 bits per heavy atom. The second kappa shape index (κ2) is 11.0. The lowest BCUT2D eigenvalue weighted by Gasteiger charge is -2.28. The first-order valence-corrected chi connectivity index (χ1v) is 15.1. The van der Waals surface area contributed by atoms with Crippen LogP contribution < -0.4 is 18.9 Å². The van der Waals surface area contributed by atoms with Crippen molar-refractivity contribution in [3.8, 4) is 34.1 Å². The van der Waals surface area contributed by atoms with Crippen LogP contribution in [0.2, 0.25) is 0 Å². The van der Waals surface area contributed by atoms with Gasteiger partial charge in [0.2, 0.25) is 0 Å². The molecular weight excluding hydrogens is 539 g/mol. The average molecular weight is 571 g/mol. The van der Waals surface area contributed by atoms with E-state index < -0.39 is 27.7 Å². The first kappa shape index (κ1) is 27.8. The number of rotatable bonds is 9. The van der Waals surface area contributed by atoms with Gasteiger partial charge in [-0.15, -0.1) is 0 Å². The van der Waals surface area contributed by atoms with Crippen molar-refractivity contribution in [1.82, 2.24) is 0 Å². The molecule has 0 saturated heterocycles. The molecule has 2 atom stereocenters. The Balaban J connectivity index is 1.35. The van der Waals surface area contributed by atoms with Crippen molar-refractivity contribution >= 4 is 15.8 Å². The van der Waals surface area contributed by atoms with Gasteiger partial charge in [-0.05, 0) is 72.9 Å². The van der Waals surface area contributed by atoms with Gasteiger partial charge in [0.25, 0.3) is 0 Å². The number of hydrogen-bond acceptors (Lipinski definition) is 7. The van der Waals surface area contributed by atoms with Crippen molar-refractivity contribution in [1.29, 1.82) is 0 Å². The van der Waals surface area contributed by atoms with Crippen molar-refractivity contribution in [3.63, 3.8) is 0 Å². The molecule has 3 aromatic rings. The zero-order valence-corrected chi connectivity index (χ0v) is 23.3. The Labute approximate surface area is 232 Å². The lowest BCUT2D eigenvalue weighted by atomic mass is 9.93. The number of aryl methyl sites for hydroxylation is 2. The lowest BCUT2D eigenvalue weighted by molar-refractivity contribution is -0.137. The normalized spacial score (nSPS) is 17.7. The van der Waals surface area contributed by atoms with Crippen molar-refractivity contribution < 1.29 is 41.7 Å². The third kappa shape index (κ3) is 6.01. The van der Waals surface area contributed by atoms with Crippen LogP contribution >= 0.6 is 0 Å². The summed E-state index contributed by atoms with van der Waals surface area (Å²) in [5, 5.41) is 9.17. The summed E-state index contributed by atoms with van der Waals surface area (Å²) in [6.45, 7) is 4.55. The number of benzene rings is 3. The summed E-state index contributed by atoms with van der Waals surface area (Å²) in [7, 11) is -3.04. The second-order valence-electron chi connectivity index (χ2n) is 10.4. The minimum Gasteiger partial charge on any atom is -0.494 e. The zero-order valence-electron chi connectivity index (χ0n) is 22.5. The number of fused-ring (bicyclic) bond motifs is 2. The summed E-state index contributed by atoms with van der Waals surface area (Å²) in [5.74, 6) is 0.587. The van der Waals surface area contributed by atoms with Crippen LogP contribution in [0.25, 0.3) is 11.1 Å². The summed E-state index contributed by atoms with van der Waals surface area (Å²) in [6, 6.07) is 12.1. The van der Waals surface area contributed by atoms with Gasteiger partial charge in [-0.1, -0.05) is 6.07 Å². The first-order valence-electron chi connectivity index (χ1n) is 13.0. The van der Waals surface area contributed by atoms with E-state index in [1.54, 1.807) is 24.3 Å². The molecule has 2 heterocycles. The summed E-state index contributed by atoms with van der Waals surface area (Å²) in [5.41, 5.74) is 4.75. The third-order valence-electron chi connectivity index (χ3n) is 7.10. The largest absolute Gasteiger partial charge is 0.494 e. The zero-order chi connectivity index (χ0) is 28.6. The van der Waals surface area contributed by atoms with Crippen LogP contribution in [0.4, 0.5) is 4.39 Å². The summed E-state index contributed by atoms with van der Waals surface area (Å²) in [4.78, 5) is 11.2. The Kier molecular flexibility index (Phi) is 7.63. The fourth-order valence-corrected chi connectivity index (χ4v) is 5.93. The fourth-order valence-electron chi connectivity index (χ4n) is 5.29. The number of carbonyl (C=O) groups is 1. The maximum Gasteiger partial charge on any atom is 0.304 e. The third-order valence-corrected chi connectivity index (χ3v) is 8.13. The molecule has 1 N–H and O–H groups in total. The summed E-state index contributed by atoms with van der Waals surface area (Å²) >= 11 is 0. The molecule has 2 aliphatic heterocycles. The molecule has 0 fully saturated rings. The van der Waals surface area contributed by atoms with Crippen molar-refractivity contribution in [2.45, 2.75) is 38.7 Å². The van der Waals surface area contributed by atoms with Gasteiger partial charge >= 0.3 is 5.97 Å². The summed E-state index contributed by atoms with van der Waals surface area (Å²) < 4.78 is 61.4. The van der Waals surface area contributed by atoms with E-state index in [-0.39, 0.29) is 31.3 Å². The molecule has 0 spiro atoms. The van der Waals surface area contributed by atoms with E-state index in [2.05, 4.69) is 0 Å². The highest BCUT2D eigenvalue weighted by Gasteiger charge is 2.32. The van der Waals surface area contributed by atoms with Crippen LogP contribution in [0.15, 0.2) is 42.5 Å². The molecule has 0 aliphatic carbocycles. The smallest absolute Gasteiger partial charge is 0.304 e. The summed E-state index contributed by atoms with van der Waals surface area (Å²) in [6.07, 6.45) is 0.877. The highest BCUT2D eigenvalue weighted by molar-refractivity contribution is 7.90. The van der Waals surface area contributed by atoms with Gasteiger partial charge in [-0.25, -0.2) is 12.8 Å². The minimum atomic E-state index is -3.04. The number of ether oxygens (including phenoxy) is 4. The highest BCUT2D eigenvalue weighted by Crippen LogP contribution is 2.46. The molecule has 0 bridgehead atoms. The van der Waals surface area contributed by atoms with E-state index in [9.17, 15) is 18.3 Å². The van der Waals surface area contributed by atoms with E-state index in [1.165, 1.54) is 12.3 Å². The van der Waals surface area contributed by atoms with Crippen LogP contribution in [0, 0.1) is 19.7 Å². The predicted molar refractivity (Wildman–Crippen MR) is 147 cm³/mol. The molecule has 0 amide bonds. The van der Waals surface area contributed by atoms with E-state index in [0.717, 1.165) is 27.8 Å². The number of sulfone groups is 1. The quantitative estimate of drug-likeness (QED) is 0.342. The molecule has 0 radical (unpaired) electrons. The van der Waals surface area contributed by atoms with Gasteiger partial charge in [0.05, 0.1) is 25.4 Å². The fraction of sp³-hybridized carbons (Fsp3) is 0.367. The molecule has 5 rings (SSSR count). The molecule has 0 aromatic heterocycles. The van der Waals surface area contributed by atoms with Crippen LogP contribution in [-0.4, -0.2) is 51.3 Å². The van der Waals surface area contributed by atoms with Crippen LogP contribution in [0.5, 0.6) is 23.0 Å². The Morgan fingerprint density at radius 3 is 2.42 bits per heavy atom. The van der Waals surface area contributed by atoms with Crippen LogP contribution in [0.1, 0.15) is 47.1 Å². The number of halogens is 1. The monoisotopic (exact) mass is 570 g/mol. The number of carboxylic acids is 1. The molecule has 10 heteroatoms. The Morgan fingerprint density at radius 1 is 1.00 bits per heavy atom. The lowest BCUT2D eigenvalue weighted by Crippen LogP contribution is -2.22. The van der Waals surface area contributed by atoms with E-state index in [0.29, 0.717) is 41.6 Å². The van der Waals surface area contributed by atoms with Gasteiger partial charge in [0, 0.05) is 29.4 Å². The van der Waals surface area contributed by atoms with Crippen molar-refractivity contribution in [3.05, 3.63) is 70.5 Å². The molecule has 212 valence electrons. The van der Waals surface area contributed by atoms with Gasteiger partial charge < -0.3 is 24.1 Å². The number of carboxylic acid groups (broad SMARTS) is 1. The van der Waals surface area contributed by atoms with Crippen molar-refractivity contribution in [2.24, 2.45) is 0 Å². The first-order chi connectivity index (χ1) is 19.0. The average Bonchev–Trinajstić information content (AvgIpc) is 3.25. The number of hydrogen-bond donors (Lipinski definition) is 1. The van der Waals surface area contributed by atoms with E-state index in [4.69, 9.17) is 18.9 Å².